The molecule has 0 aliphatic carbocycles. The molecule has 3 atom stereocenters. The Kier molecular flexibility index (Phi) is 3.73. The van der Waals surface area contributed by atoms with Crippen molar-refractivity contribution in [2.45, 2.75) is 24.9 Å². The van der Waals surface area contributed by atoms with Gasteiger partial charge < -0.3 is 20.3 Å². The van der Waals surface area contributed by atoms with Crippen molar-refractivity contribution in [1.29, 1.82) is 0 Å². The number of hydrogen-bond acceptors (Lipinski definition) is 4. The summed E-state index contributed by atoms with van der Waals surface area (Å²) >= 11 is 0. The summed E-state index contributed by atoms with van der Waals surface area (Å²) in [6.45, 7) is 0.0287. The number of nitrogens with one attached hydrogen (secondary N) is 1. The van der Waals surface area contributed by atoms with Gasteiger partial charge in [0.1, 0.15) is 0 Å². The summed E-state index contributed by atoms with van der Waals surface area (Å²) in [6, 6.07) is 8.26. The van der Waals surface area contributed by atoms with E-state index in [1.165, 1.54) is 0 Å². The van der Waals surface area contributed by atoms with Gasteiger partial charge in [0.25, 0.3) is 5.91 Å². The molecule has 92 valence electrons. The van der Waals surface area contributed by atoms with Crippen molar-refractivity contribution < 1.29 is 19.7 Å². The molecule has 1 fully saturated rings. The highest BCUT2D eigenvalue weighted by Crippen LogP contribution is 2.13. The smallest absolute Gasteiger partial charge is 0.251 e. The molecule has 1 aliphatic rings. The van der Waals surface area contributed by atoms with Gasteiger partial charge in [-0.1, -0.05) is 18.2 Å². The normalized spacial score (nSPS) is 28.7. The Morgan fingerprint density at radius 2 is 2.00 bits per heavy atom. The fourth-order valence-electron chi connectivity index (χ4n) is 1.76. The van der Waals surface area contributed by atoms with Gasteiger partial charge in [-0.15, -0.1) is 0 Å². The zero-order valence-electron chi connectivity index (χ0n) is 9.24. The van der Waals surface area contributed by atoms with Crippen molar-refractivity contribution in [3.63, 3.8) is 0 Å². The number of aliphatic hydroxyl groups is 2. The maximum Gasteiger partial charge on any atom is 0.251 e. The van der Waals surface area contributed by atoms with E-state index in [1.54, 1.807) is 24.3 Å². The van der Waals surface area contributed by atoms with Crippen LogP contribution in [0.3, 0.4) is 0 Å². The standard InChI is InChI=1S/C12H15NO4/c14-10-7-17-11(15)6-9(10)13-12(16)8-4-2-1-3-5-8/h1-5,9-11,14-15H,6-7H2,(H,13,16)/t9-,10-,11+/m1/s1. The van der Waals surface area contributed by atoms with Gasteiger partial charge in [0.05, 0.1) is 18.8 Å². The number of carbonyl (C=O) groups excluding carboxylic acids is 1. The Morgan fingerprint density at radius 3 is 2.71 bits per heavy atom. The van der Waals surface area contributed by atoms with Crippen LogP contribution in [0.25, 0.3) is 0 Å². The molecular formula is C12H15NO4. The summed E-state index contributed by atoms with van der Waals surface area (Å²) < 4.78 is 4.86. The highest BCUT2D eigenvalue weighted by atomic mass is 16.6. The van der Waals surface area contributed by atoms with Crippen LogP contribution < -0.4 is 5.32 Å². The molecule has 0 radical (unpaired) electrons. The number of hydrogen-bond donors (Lipinski definition) is 3. The summed E-state index contributed by atoms with van der Waals surface area (Å²) in [5.41, 5.74) is 0.528. The van der Waals surface area contributed by atoms with E-state index in [2.05, 4.69) is 5.32 Å². The van der Waals surface area contributed by atoms with Crippen LogP contribution in [0.1, 0.15) is 16.8 Å². The third kappa shape index (κ3) is 3.03. The molecular weight excluding hydrogens is 222 g/mol. The first-order valence-corrected chi connectivity index (χ1v) is 5.50. The van der Waals surface area contributed by atoms with Gasteiger partial charge in [-0.05, 0) is 12.1 Å². The van der Waals surface area contributed by atoms with Crippen molar-refractivity contribution in [2.24, 2.45) is 0 Å². The molecule has 0 unspecified atom stereocenters. The Bertz CT molecular complexity index is 381. The lowest BCUT2D eigenvalue weighted by Crippen LogP contribution is -2.51. The monoisotopic (exact) mass is 237 g/mol. The van der Waals surface area contributed by atoms with E-state index in [0.717, 1.165) is 0 Å². The van der Waals surface area contributed by atoms with Crippen LogP contribution in [0, 0.1) is 0 Å². The molecule has 0 saturated carbocycles. The second-order valence-electron chi connectivity index (χ2n) is 4.04. The molecule has 0 bridgehead atoms. The lowest BCUT2D eigenvalue weighted by atomic mass is 10.0. The number of rotatable bonds is 2. The molecule has 0 spiro atoms. The van der Waals surface area contributed by atoms with Gasteiger partial charge >= 0.3 is 0 Å². The maximum absolute atomic E-state index is 11.8. The van der Waals surface area contributed by atoms with E-state index in [0.29, 0.717) is 5.56 Å². The minimum Gasteiger partial charge on any atom is -0.389 e. The molecule has 1 saturated heterocycles. The first kappa shape index (κ1) is 12.0. The van der Waals surface area contributed by atoms with Crippen molar-refractivity contribution in [3.05, 3.63) is 35.9 Å². The van der Waals surface area contributed by atoms with Crippen LogP contribution in [-0.2, 0) is 4.74 Å². The highest BCUT2D eigenvalue weighted by Gasteiger charge is 2.30. The van der Waals surface area contributed by atoms with Gasteiger partial charge in [-0.25, -0.2) is 0 Å². The molecule has 5 nitrogen and oxygen atoms in total. The SMILES string of the molecule is O=C(N[C@@H]1C[C@@H](O)OC[C@H]1O)c1ccccc1. The molecule has 1 aromatic rings. The topological polar surface area (TPSA) is 78.8 Å². The second-order valence-corrected chi connectivity index (χ2v) is 4.04. The van der Waals surface area contributed by atoms with E-state index in [4.69, 9.17) is 4.74 Å². The van der Waals surface area contributed by atoms with Crippen molar-refractivity contribution in [1.82, 2.24) is 5.32 Å². The third-order valence-corrected chi connectivity index (χ3v) is 2.73. The Labute approximate surface area is 99.0 Å². The third-order valence-electron chi connectivity index (χ3n) is 2.73. The minimum absolute atomic E-state index is 0.0287. The number of benzene rings is 1. The second kappa shape index (κ2) is 5.27. The number of ether oxygens (including phenoxy) is 1. The van der Waals surface area contributed by atoms with Crippen LogP contribution >= 0.6 is 0 Å². The predicted octanol–water partition coefficient (Wildman–Crippen LogP) is -0.115. The summed E-state index contributed by atoms with van der Waals surface area (Å²) in [4.78, 5) is 11.8. The summed E-state index contributed by atoms with van der Waals surface area (Å²) in [5.74, 6) is -0.260. The lowest BCUT2D eigenvalue weighted by molar-refractivity contribution is -0.165. The average molecular weight is 237 g/mol. The van der Waals surface area contributed by atoms with Crippen LogP contribution in [0.2, 0.25) is 0 Å². The Balaban J connectivity index is 1.98. The molecule has 1 amide bonds. The zero-order valence-corrected chi connectivity index (χ0v) is 9.24. The van der Waals surface area contributed by atoms with Gasteiger partial charge in [-0.2, -0.15) is 0 Å². The van der Waals surface area contributed by atoms with Crippen LogP contribution in [-0.4, -0.2) is 41.2 Å². The molecule has 2 rings (SSSR count). The molecule has 1 heterocycles. The van der Waals surface area contributed by atoms with E-state index in [9.17, 15) is 15.0 Å². The van der Waals surface area contributed by atoms with Crippen LogP contribution in [0.15, 0.2) is 30.3 Å². The van der Waals surface area contributed by atoms with E-state index in [1.807, 2.05) is 6.07 Å². The minimum atomic E-state index is -0.931. The molecule has 0 aromatic heterocycles. The summed E-state index contributed by atoms with van der Waals surface area (Å²) in [7, 11) is 0. The maximum atomic E-state index is 11.8. The highest BCUT2D eigenvalue weighted by molar-refractivity contribution is 5.94. The van der Waals surface area contributed by atoms with E-state index in [-0.39, 0.29) is 18.9 Å². The largest absolute Gasteiger partial charge is 0.389 e. The molecule has 17 heavy (non-hydrogen) atoms. The van der Waals surface area contributed by atoms with Crippen molar-refractivity contribution in [3.8, 4) is 0 Å². The molecule has 1 aromatic carbocycles. The van der Waals surface area contributed by atoms with Gasteiger partial charge in [0.15, 0.2) is 6.29 Å². The summed E-state index contributed by atoms with van der Waals surface area (Å²) in [6.07, 6.45) is -1.52. The van der Waals surface area contributed by atoms with Gasteiger partial charge in [0.2, 0.25) is 0 Å². The predicted molar refractivity (Wildman–Crippen MR) is 60.3 cm³/mol. The van der Waals surface area contributed by atoms with Gasteiger partial charge in [0, 0.05) is 12.0 Å². The fraction of sp³-hybridized carbons (Fsp3) is 0.417. The molecule has 5 heteroatoms. The number of amides is 1. The van der Waals surface area contributed by atoms with E-state index < -0.39 is 18.4 Å². The van der Waals surface area contributed by atoms with Crippen LogP contribution in [0.4, 0.5) is 0 Å². The number of aliphatic hydroxyl groups excluding tert-OH is 2. The summed E-state index contributed by atoms with van der Waals surface area (Å²) in [5, 5.41) is 21.6. The Hall–Kier alpha value is -1.43. The first-order chi connectivity index (χ1) is 8.16. The lowest BCUT2D eigenvalue weighted by Gasteiger charge is -2.31. The first-order valence-electron chi connectivity index (χ1n) is 5.50. The zero-order chi connectivity index (χ0) is 12.3. The quantitative estimate of drug-likeness (QED) is 0.670. The molecule has 1 aliphatic heterocycles. The molecule has 3 N–H and O–H groups in total. The van der Waals surface area contributed by atoms with Crippen LogP contribution in [0.5, 0.6) is 0 Å². The Morgan fingerprint density at radius 1 is 1.29 bits per heavy atom. The fourth-order valence-corrected chi connectivity index (χ4v) is 1.76. The van der Waals surface area contributed by atoms with Crippen molar-refractivity contribution in [2.75, 3.05) is 6.61 Å². The van der Waals surface area contributed by atoms with Gasteiger partial charge in [-0.3, -0.25) is 4.79 Å². The number of carbonyl (C=O) groups is 1. The average Bonchev–Trinajstić information content (AvgIpc) is 2.35. The van der Waals surface area contributed by atoms with Crippen molar-refractivity contribution >= 4 is 5.91 Å². The van der Waals surface area contributed by atoms with E-state index >= 15 is 0 Å².